The molecule has 0 aromatic rings. The van der Waals surface area contributed by atoms with Crippen LogP contribution in [0.15, 0.2) is 23.5 Å². The Morgan fingerprint density at radius 1 is 1.31 bits per heavy atom. The molecule has 70 valence electrons. The van der Waals surface area contributed by atoms with Crippen molar-refractivity contribution in [3.05, 3.63) is 23.5 Å². The molecule has 0 fully saturated rings. The normalized spacial score (nSPS) is 26.6. The SMILES string of the molecule is C/C1=C/OC(=O)/C(C)=C\C(=O)OC1. The Morgan fingerprint density at radius 3 is 2.69 bits per heavy atom. The fourth-order valence-electron chi connectivity index (χ4n) is 0.743. The highest BCUT2D eigenvalue weighted by molar-refractivity contribution is 5.96. The lowest BCUT2D eigenvalue weighted by Gasteiger charge is -1.99. The summed E-state index contributed by atoms with van der Waals surface area (Å²) in [7, 11) is 0. The van der Waals surface area contributed by atoms with E-state index in [9.17, 15) is 9.59 Å². The van der Waals surface area contributed by atoms with Crippen molar-refractivity contribution in [2.75, 3.05) is 6.61 Å². The molecule has 0 bridgehead atoms. The zero-order chi connectivity index (χ0) is 9.84. The number of rotatable bonds is 0. The molecule has 0 spiro atoms. The Morgan fingerprint density at radius 2 is 2.00 bits per heavy atom. The molecule has 0 aromatic carbocycles. The van der Waals surface area contributed by atoms with Crippen LogP contribution in [0.3, 0.4) is 0 Å². The van der Waals surface area contributed by atoms with Crippen molar-refractivity contribution in [3.63, 3.8) is 0 Å². The third-order valence-electron chi connectivity index (χ3n) is 1.47. The van der Waals surface area contributed by atoms with Gasteiger partial charge in [0.15, 0.2) is 0 Å². The number of cyclic esters (lactones) is 2. The number of carbonyl (C=O) groups is 2. The van der Waals surface area contributed by atoms with Crippen molar-refractivity contribution in [1.29, 1.82) is 0 Å². The Bertz CT molecular complexity index is 299. The number of hydrogen-bond donors (Lipinski definition) is 0. The van der Waals surface area contributed by atoms with Gasteiger partial charge in [-0.1, -0.05) is 0 Å². The quantitative estimate of drug-likeness (QED) is 0.523. The minimum absolute atomic E-state index is 0.149. The van der Waals surface area contributed by atoms with E-state index in [0.29, 0.717) is 5.57 Å². The van der Waals surface area contributed by atoms with Gasteiger partial charge in [0.05, 0.1) is 6.26 Å². The predicted molar refractivity (Wildman–Crippen MR) is 44.6 cm³/mol. The van der Waals surface area contributed by atoms with Gasteiger partial charge >= 0.3 is 11.9 Å². The number of ether oxygens (including phenoxy) is 2. The van der Waals surface area contributed by atoms with Gasteiger partial charge in [-0.05, 0) is 19.4 Å². The molecule has 0 saturated carbocycles. The molecule has 4 nitrogen and oxygen atoms in total. The van der Waals surface area contributed by atoms with Crippen molar-refractivity contribution >= 4 is 11.9 Å². The van der Waals surface area contributed by atoms with Crippen LogP contribution in [0.5, 0.6) is 0 Å². The smallest absolute Gasteiger partial charge is 0.338 e. The third kappa shape index (κ3) is 2.74. The predicted octanol–water partition coefficient (Wildman–Crippen LogP) is 0.936. The molecule has 0 aliphatic carbocycles. The average molecular weight is 182 g/mol. The zero-order valence-electron chi connectivity index (χ0n) is 7.49. The first-order chi connectivity index (χ1) is 6.09. The van der Waals surface area contributed by atoms with Crippen LogP contribution in [-0.2, 0) is 19.1 Å². The van der Waals surface area contributed by atoms with Crippen LogP contribution in [0.2, 0.25) is 0 Å². The molecule has 13 heavy (non-hydrogen) atoms. The second-order valence-corrected chi connectivity index (χ2v) is 2.80. The second kappa shape index (κ2) is 3.89. The van der Waals surface area contributed by atoms with Crippen LogP contribution < -0.4 is 0 Å². The molecule has 1 aliphatic heterocycles. The molecular formula is C9H10O4. The van der Waals surface area contributed by atoms with E-state index in [0.717, 1.165) is 6.08 Å². The fraction of sp³-hybridized carbons (Fsp3) is 0.333. The number of carbonyl (C=O) groups excluding carboxylic acids is 2. The lowest BCUT2D eigenvalue weighted by Crippen LogP contribution is -2.04. The summed E-state index contributed by atoms with van der Waals surface area (Å²) in [5.41, 5.74) is 0.917. The molecule has 1 rings (SSSR count). The highest BCUT2D eigenvalue weighted by Gasteiger charge is 2.10. The first-order valence-electron chi connectivity index (χ1n) is 3.81. The van der Waals surface area contributed by atoms with E-state index >= 15 is 0 Å². The standard InChI is InChI=1S/C9H10O4/c1-6-4-12-8(10)3-7(2)9(11)13-5-6/h3,5H,4H2,1-2H3/b6-5-,7-3-. The fourth-order valence-corrected chi connectivity index (χ4v) is 0.743. The van der Waals surface area contributed by atoms with Crippen LogP contribution >= 0.6 is 0 Å². The van der Waals surface area contributed by atoms with Gasteiger partial charge in [0, 0.05) is 11.6 Å². The molecule has 0 radical (unpaired) electrons. The molecule has 0 atom stereocenters. The summed E-state index contributed by atoms with van der Waals surface area (Å²) in [6.45, 7) is 3.36. The minimum atomic E-state index is -0.529. The molecular weight excluding hydrogens is 172 g/mol. The summed E-state index contributed by atoms with van der Waals surface area (Å²) < 4.78 is 9.51. The van der Waals surface area contributed by atoms with Gasteiger partial charge in [-0.2, -0.15) is 0 Å². The maximum absolute atomic E-state index is 11.1. The van der Waals surface area contributed by atoms with Crippen LogP contribution in [0.4, 0.5) is 0 Å². The van der Waals surface area contributed by atoms with Gasteiger partial charge in [0.1, 0.15) is 6.61 Å². The molecule has 1 aliphatic rings. The van der Waals surface area contributed by atoms with Gasteiger partial charge < -0.3 is 9.47 Å². The summed E-state index contributed by atoms with van der Waals surface area (Å²) in [6.07, 6.45) is 2.41. The van der Waals surface area contributed by atoms with Crippen molar-refractivity contribution in [1.82, 2.24) is 0 Å². The van der Waals surface area contributed by atoms with Crippen molar-refractivity contribution in [2.45, 2.75) is 13.8 Å². The van der Waals surface area contributed by atoms with Crippen LogP contribution in [-0.4, -0.2) is 18.5 Å². The van der Waals surface area contributed by atoms with E-state index in [1.54, 1.807) is 6.92 Å². The highest BCUT2D eigenvalue weighted by atomic mass is 16.5. The van der Waals surface area contributed by atoms with Crippen molar-refractivity contribution < 1.29 is 19.1 Å². The topological polar surface area (TPSA) is 52.6 Å². The molecule has 1 heterocycles. The largest absolute Gasteiger partial charge is 0.458 e. The van der Waals surface area contributed by atoms with Gasteiger partial charge in [-0.3, -0.25) is 0 Å². The molecule has 0 N–H and O–H groups in total. The van der Waals surface area contributed by atoms with E-state index in [1.165, 1.54) is 13.2 Å². The summed E-state index contributed by atoms with van der Waals surface area (Å²) in [5, 5.41) is 0. The van der Waals surface area contributed by atoms with Gasteiger partial charge in [0.2, 0.25) is 0 Å². The summed E-state index contributed by atoms with van der Waals surface area (Å²) in [5.74, 6) is -1.05. The third-order valence-corrected chi connectivity index (χ3v) is 1.47. The molecule has 0 aromatic heterocycles. The Balaban J connectivity index is 2.87. The lowest BCUT2D eigenvalue weighted by atomic mass is 10.3. The molecule has 0 saturated heterocycles. The summed E-state index contributed by atoms with van der Waals surface area (Å²) >= 11 is 0. The maximum Gasteiger partial charge on any atom is 0.338 e. The van der Waals surface area contributed by atoms with Crippen molar-refractivity contribution in [2.24, 2.45) is 0 Å². The Hall–Kier alpha value is -1.58. The summed E-state index contributed by atoms with van der Waals surface area (Å²) in [6, 6.07) is 0. The van der Waals surface area contributed by atoms with Crippen LogP contribution in [0, 0.1) is 0 Å². The van der Waals surface area contributed by atoms with E-state index in [1.807, 2.05) is 0 Å². The van der Waals surface area contributed by atoms with Crippen molar-refractivity contribution in [3.8, 4) is 0 Å². The Kier molecular flexibility index (Phi) is 2.84. The average Bonchev–Trinajstić information content (AvgIpc) is 2.13. The first-order valence-corrected chi connectivity index (χ1v) is 3.81. The van der Waals surface area contributed by atoms with E-state index in [2.05, 4.69) is 0 Å². The number of esters is 2. The first kappa shape index (κ1) is 9.51. The maximum atomic E-state index is 11.1. The molecule has 0 unspecified atom stereocenters. The monoisotopic (exact) mass is 182 g/mol. The van der Waals surface area contributed by atoms with Crippen LogP contribution in [0.25, 0.3) is 0 Å². The zero-order valence-corrected chi connectivity index (χ0v) is 7.49. The van der Waals surface area contributed by atoms with Gasteiger partial charge in [-0.15, -0.1) is 0 Å². The van der Waals surface area contributed by atoms with Gasteiger partial charge in [-0.25, -0.2) is 9.59 Å². The summed E-state index contributed by atoms with van der Waals surface area (Å²) in [4.78, 5) is 22.0. The van der Waals surface area contributed by atoms with E-state index in [4.69, 9.17) is 9.47 Å². The minimum Gasteiger partial charge on any atom is -0.458 e. The highest BCUT2D eigenvalue weighted by Crippen LogP contribution is 2.04. The van der Waals surface area contributed by atoms with Crippen LogP contribution in [0.1, 0.15) is 13.8 Å². The molecule has 0 amide bonds. The second-order valence-electron chi connectivity index (χ2n) is 2.80. The lowest BCUT2D eigenvalue weighted by molar-refractivity contribution is -0.137. The van der Waals surface area contributed by atoms with Gasteiger partial charge in [0.25, 0.3) is 0 Å². The molecule has 4 heteroatoms. The number of hydrogen-bond acceptors (Lipinski definition) is 4. The van der Waals surface area contributed by atoms with E-state index in [-0.39, 0.29) is 12.2 Å². The van der Waals surface area contributed by atoms with E-state index < -0.39 is 11.9 Å². The Labute approximate surface area is 75.8 Å².